The molecule has 50 heavy (non-hydrogen) atoms. The Morgan fingerprint density at radius 2 is 1.58 bits per heavy atom. The number of halogens is 3. The number of nitrogens with zero attached hydrogens (tertiary/aromatic N) is 4. The molecule has 2 aromatic heterocycles. The van der Waals surface area contributed by atoms with Crippen LogP contribution in [0.3, 0.4) is 0 Å². The molecule has 2 aliphatic rings. The third-order valence-electron chi connectivity index (χ3n) is 7.38. The van der Waals surface area contributed by atoms with Gasteiger partial charge in [0.1, 0.15) is 31.4 Å². The minimum absolute atomic E-state index is 0.353. The van der Waals surface area contributed by atoms with Gasteiger partial charge in [-0.2, -0.15) is 13.2 Å². The first-order chi connectivity index (χ1) is 23.5. The number of benzene rings is 2. The minimum atomic E-state index is -5.07. The van der Waals surface area contributed by atoms with Crippen molar-refractivity contribution in [2.45, 2.75) is 66.9 Å². The van der Waals surface area contributed by atoms with E-state index in [9.17, 15) is 27.1 Å². The fraction of sp³-hybridized carbons (Fsp3) is 0.414. The summed E-state index contributed by atoms with van der Waals surface area (Å²) >= 11 is 2.04. The lowest BCUT2D eigenvalue weighted by Gasteiger charge is -2.26. The maximum absolute atomic E-state index is 14.5. The molecule has 2 N–H and O–H groups in total. The van der Waals surface area contributed by atoms with Gasteiger partial charge in [-0.15, -0.1) is 0 Å². The van der Waals surface area contributed by atoms with Crippen LogP contribution in [0.15, 0.2) is 81.6 Å². The number of ether oxygens (including phenoxy) is 4. The number of imidazole rings is 1. The maximum atomic E-state index is 14.5. The van der Waals surface area contributed by atoms with Crippen LogP contribution in [-0.4, -0.2) is 72.4 Å². The second-order valence-corrected chi connectivity index (χ2v) is 20.5. The van der Waals surface area contributed by atoms with Gasteiger partial charge >= 0.3 is 19.5 Å². The lowest BCUT2D eigenvalue weighted by molar-refractivity contribution is -0.202. The van der Waals surface area contributed by atoms with E-state index in [1.54, 1.807) is 62.4 Å². The fourth-order valence-electron chi connectivity index (χ4n) is 5.34. The van der Waals surface area contributed by atoms with Gasteiger partial charge in [0, 0.05) is 9.79 Å². The van der Waals surface area contributed by atoms with Gasteiger partial charge in [0.15, 0.2) is 23.2 Å². The molecule has 14 nitrogen and oxygen atoms in total. The Morgan fingerprint density at radius 3 is 2.16 bits per heavy atom. The summed E-state index contributed by atoms with van der Waals surface area (Å²) in [4.78, 5) is 40.3. The molecule has 21 heteroatoms. The summed E-state index contributed by atoms with van der Waals surface area (Å²) in [6.07, 6.45) is -9.53. The lowest BCUT2D eigenvalue weighted by atomic mass is 10.1. The second kappa shape index (κ2) is 14.5. The van der Waals surface area contributed by atoms with Crippen LogP contribution >= 0.6 is 36.1 Å². The highest BCUT2D eigenvalue weighted by Gasteiger charge is 2.58. The summed E-state index contributed by atoms with van der Waals surface area (Å²) in [5.41, 5.74) is -2.11. The molecule has 0 unspecified atom stereocenters. The smallest absolute Gasteiger partial charge is 0.360 e. The van der Waals surface area contributed by atoms with Crippen molar-refractivity contribution < 1.29 is 55.6 Å². The standard InChI is InChI=1S/C29H31F3N4O10P2S2/c1-28(2)45-22-20(15-43-48(41,49-18-9-5-3-6-10-18)50-19-11-7-4-8-12-19)44-26(23(22)46-28)36-24-21(34-27(36)29(30,31)32)25(37)35(16-33-24)17-42-13-14-47(38,39)40/h3-12,16,20,22-23,26H,13-15,17H2,1-2H3,(H2,38,39,40)/t20-,22-,23-,26-/m1/s1. The Morgan fingerprint density at radius 1 is 0.980 bits per heavy atom. The SMILES string of the molecule is CC1(C)O[C@@H]2[C@H](O1)[C@@H](COP(=O)(Sc1ccccc1)Sc1ccccc1)O[C@H]2n1c(C(F)(F)F)nc2c(=O)n(COCCP(=O)(O)O)cnc21. The van der Waals surface area contributed by atoms with E-state index < -0.39 is 91.9 Å². The quantitative estimate of drug-likeness (QED) is 0.122. The molecule has 2 aliphatic heterocycles. The summed E-state index contributed by atoms with van der Waals surface area (Å²) in [5, 5.41) is 0. The van der Waals surface area contributed by atoms with Crippen molar-refractivity contribution in [1.29, 1.82) is 0 Å². The predicted octanol–water partition coefficient (Wildman–Crippen LogP) is 5.89. The molecule has 4 heterocycles. The van der Waals surface area contributed by atoms with Gasteiger partial charge < -0.3 is 33.3 Å². The van der Waals surface area contributed by atoms with Crippen LogP contribution in [0.5, 0.6) is 0 Å². The van der Waals surface area contributed by atoms with Gasteiger partial charge in [-0.25, -0.2) is 9.97 Å². The van der Waals surface area contributed by atoms with Crippen LogP contribution in [0.1, 0.15) is 25.9 Å². The van der Waals surface area contributed by atoms with E-state index in [1.165, 1.54) is 0 Å². The summed E-state index contributed by atoms with van der Waals surface area (Å²) in [7, 11) is -4.37. The van der Waals surface area contributed by atoms with Gasteiger partial charge in [-0.1, -0.05) is 36.4 Å². The van der Waals surface area contributed by atoms with Crippen LogP contribution in [0, 0.1) is 0 Å². The zero-order valence-corrected chi connectivity index (χ0v) is 29.7. The van der Waals surface area contributed by atoms with Gasteiger partial charge in [0.25, 0.3) is 5.56 Å². The van der Waals surface area contributed by atoms with Gasteiger partial charge in [-0.3, -0.25) is 23.1 Å². The Kier molecular flexibility index (Phi) is 10.8. The molecule has 0 spiro atoms. The topological polar surface area (TPSA) is 173 Å². The van der Waals surface area contributed by atoms with Gasteiger partial charge in [-0.05, 0) is 60.9 Å². The van der Waals surface area contributed by atoms with Crippen molar-refractivity contribution in [1.82, 2.24) is 19.1 Å². The Hall–Kier alpha value is -2.54. The molecular weight excluding hydrogens is 747 g/mol. The van der Waals surface area contributed by atoms with Crippen LogP contribution in [0.4, 0.5) is 13.2 Å². The van der Waals surface area contributed by atoms with E-state index in [1.807, 2.05) is 12.1 Å². The molecule has 0 radical (unpaired) electrons. The summed E-state index contributed by atoms with van der Waals surface area (Å²) in [5.74, 6) is -6.37. The maximum Gasteiger partial charge on any atom is 0.449 e. The minimum Gasteiger partial charge on any atom is -0.360 e. The third kappa shape index (κ3) is 8.56. The summed E-state index contributed by atoms with van der Waals surface area (Å²) in [6.45, 7) is 1.85. The summed E-state index contributed by atoms with van der Waals surface area (Å²) in [6, 6.07) is 17.9. The summed E-state index contributed by atoms with van der Waals surface area (Å²) < 4.78 is 99.9. The van der Waals surface area contributed by atoms with Crippen molar-refractivity contribution in [2.24, 2.45) is 0 Å². The molecular formula is C29H31F3N4O10P2S2. The van der Waals surface area contributed by atoms with Crippen LogP contribution < -0.4 is 5.56 Å². The van der Waals surface area contributed by atoms with E-state index in [2.05, 4.69) is 9.97 Å². The zero-order valence-electron chi connectivity index (χ0n) is 26.3. The first-order valence-corrected chi connectivity index (χ1v) is 21.2. The number of rotatable bonds is 13. The first-order valence-electron chi connectivity index (χ1n) is 14.9. The second-order valence-electron chi connectivity index (χ2n) is 11.6. The first kappa shape index (κ1) is 37.2. The van der Waals surface area contributed by atoms with E-state index in [4.69, 9.17) is 33.3 Å². The highest BCUT2D eigenvalue weighted by Crippen LogP contribution is 2.74. The molecule has 0 amide bonds. The highest BCUT2D eigenvalue weighted by molar-refractivity contribution is 8.89. The molecule has 0 saturated carbocycles. The highest BCUT2D eigenvalue weighted by atomic mass is 33.1. The lowest BCUT2D eigenvalue weighted by Crippen LogP contribution is -2.32. The molecule has 6 rings (SSSR count). The third-order valence-corrected chi connectivity index (χ3v) is 14.6. The number of hydrogen-bond acceptors (Lipinski definition) is 12. The van der Waals surface area contributed by atoms with Crippen molar-refractivity contribution in [3.63, 3.8) is 0 Å². The monoisotopic (exact) mass is 778 g/mol. The molecule has 2 saturated heterocycles. The van der Waals surface area contributed by atoms with Crippen molar-refractivity contribution in [3.05, 3.63) is 83.2 Å². The molecule has 2 fully saturated rings. The average molecular weight is 779 g/mol. The molecule has 4 atom stereocenters. The molecule has 0 bridgehead atoms. The number of hydrogen-bond donors (Lipinski definition) is 2. The van der Waals surface area contributed by atoms with E-state index in [-0.39, 0.29) is 6.61 Å². The van der Waals surface area contributed by atoms with Crippen LogP contribution in [0.2, 0.25) is 0 Å². The normalized spacial score (nSPS) is 22.3. The van der Waals surface area contributed by atoms with Crippen LogP contribution in [-0.2, 0) is 45.5 Å². The Bertz CT molecular complexity index is 1940. The van der Waals surface area contributed by atoms with Crippen molar-refractivity contribution in [2.75, 3.05) is 19.4 Å². The van der Waals surface area contributed by atoms with Crippen molar-refractivity contribution in [3.8, 4) is 0 Å². The van der Waals surface area contributed by atoms with Gasteiger partial charge in [0.2, 0.25) is 5.82 Å². The number of fused-ring (bicyclic) bond motifs is 2. The van der Waals surface area contributed by atoms with Crippen molar-refractivity contribution >= 4 is 47.3 Å². The average Bonchev–Trinajstić information content (AvgIpc) is 3.68. The van der Waals surface area contributed by atoms with E-state index in [0.717, 1.165) is 33.7 Å². The van der Waals surface area contributed by atoms with E-state index in [0.29, 0.717) is 14.4 Å². The van der Waals surface area contributed by atoms with Crippen LogP contribution in [0.25, 0.3) is 11.2 Å². The molecule has 0 aliphatic carbocycles. The number of aromatic nitrogens is 4. The molecule has 270 valence electrons. The largest absolute Gasteiger partial charge is 0.449 e. The predicted molar refractivity (Wildman–Crippen MR) is 176 cm³/mol. The zero-order chi connectivity index (χ0) is 35.9. The van der Waals surface area contributed by atoms with E-state index >= 15 is 0 Å². The Balaban J connectivity index is 1.31. The molecule has 2 aromatic carbocycles. The number of alkyl halides is 3. The van der Waals surface area contributed by atoms with Gasteiger partial charge in [0.05, 0.1) is 19.4 Å². The Labute approximate surface area is 290 Å². The fourth-order valence-corrected chi connectivity index (χ4v) is 12.2. The molecule has 4 aromatic rings.